The van der Waals surface area contributed by atoms with E-state index in [0.717, 1.165) is 0 Å². The van der Waals surface area contributed by atoms with Crippen LogP contribution in [0.4, 0.5) is 13.2 Å². The SMILES string of the molecule is NC(c1cccc(I)n1)C(F)(F)F. The van der Waals surface area contributed by atoms with Gasteiger partial charge in [0.2, 0.25) is 0 Å². The highest BCUT2D eigenvalue weighted by Crippen LogP contribution is 2.29. The second-order valence-electron chi connectivity index (χ2n) is 2.40. The number of nitrogens with two attached hydrogens (primary N) is 1. The lowest BCUT2D eigenvalue weighted by Crippen LogP contribution is -2.29. The van der Waals surface area contributed by atoms with Crippen LogP contribution in [0.25, 0.3) is 0 Å². The normalized spacial score (nSPS) is 14.2. The monoisotopic (exact) mass is 302 g/mol. The van der Waals surface area contributed by atoms with Crippen LogP contribution in [0, 0.1) is 3.70 Å². The van der Waals surface area contributed by atoms with Crippen molar-refractivity contribution in [2.45, 2.75) is 12.2 Å². The number of hydrogen-bond acceptors (Lipinski definition) is 2. The van der Waals surface area contributed by atoms with E-state index >= 15 is 0 Å². The molecule has 2 nitrogen and oxygen atoms in total. The molecule has 0 saturated heterocycles. The Hall–Kier alpha value is -0.370. The van der Waals surface area contributed by atoms with E-state index in [-0.39, 0.29) is 5.69 Å². The van der Waals surface area contributed by atoms with Gasteiger partial charge >= 0.3 is 6.18 Å². The zero-order valence-electron chi connectivity index (χ0n) is 6.35. The molecule has 0 bridgehead atoms. The van der Waals surface area contributed by atoms with Crippen molar-refractivity contribution in [2.24, 2.45) is 5.73 Å². The van der Waals surface area contributed by atoms with Crippen molar-refractivity contribution in [1.29, 1.82) is 0 Å². The molecule has 72 valence electrons. The molecule has 1 aromatic heterocycles. The van der Waals surface area contributed by atoms with E-state index < -0.39 is 12.2 Å². The van der Waals surface area contributed by atoms with Crippen molar-refractivity contribution < 1.29 is 13.2 Å². The summed E-state index contributed by atoms with van der Waals surface area (Å²) in [6, 6.07) is 2.37. The first-order valence-electron chi connectivity index (χ1n) is 3.36. The summed E-state index contributed by atoms with van der Waals surface area (Å²) in [5.74, 6) is 0. The minimum Gasteiger partial charge on any atom is -0.315 e. The molecular formula is C7H6F3IN2. The van der Waals surface area contributed by atoms with E-state index in [4.69, 9.17) is 5.73 Å². The van der Waals surface area contributed by atoms with Gasteiger partial charge < -0.3 is 5.73 Å². The highest BCUT2D eigenvalue weighted by molar-refractivity contribution is 14.1. The van der Waals surface area contributed by atoms with Gasteiger partial charge in [0.25, 0.3) is 0 Å². The summed E-state index contributed by atoms with van der Waals surface area (Å²) in [7, 11) is 0. The second kappa shape index (κ2) is 3.79. The molecule has 0 saturated carbocycles. The van der Waals surface area contributed by atoms with Crippen LogP contribution >= 0.6 is 22.6 Å². The Morgan fingerprint density at radius 3 is 2.46 bits per heavy atom. The van der Waals surface area contributed by atoms with Gasteiger partial charge in [-0.05, 0) is 34.7 Å². The van der Waals surface area contributed by atoms with Crippen molar-refractivity contribution in [3.8, 4) is 0 Å². The number of alkyl halides is 3. The van der Waals surface area contributed by atoms with Gasteiger partial charge in [-0.2, -0.15) is 13.2 Å². The molecule has 1 atom stereocenters. The largest absolute Gasteiger partial charge is 0.409 e. The summed E-state index contributed by atoms with van der Waals surface area (Å²) in [5.41, 5.74) is 4.80. The lowest BCUT2D eigenvalue weighted by Gasteiger charge is -2.14. The molecule has 0 spiro atoms. The third kappa shape index (κ3) is 2.80. The van der Waals surface area contributed by atoms with Crippen LogP contribution < -0.4 is 5.73 Å². The van der Waals surface area contributed by atoms with Crippen LogP contribution in [0.2, 0.25) is 0 Å². The maximum absolute atomic E-state index is 12.1. The zero-order chi connectivity index (χ0) is 10.1. The number of pyridine rings is 1. The summed E-state index contributed by atoms with van der Waals surface area (Å²) in [6.45, 7) is 0. The fraction of sp³-hybridized carbons (Fsp3) is 0.286. The Morgan fingerprint density at radius 1 is 1.38 bits per heavy atom. The lowest BCUT2D eigenvalue weighted by molar-refractivity contribution is -0.150. The zero-order valence-corrected chi connectivity index (χ0v) is 8.50. The summed E-state index contributed by atoms with van der Waals surface area (Å²) < 4.78 is 36.8. The van der Waals surface area contributed by atoms with E-state index in [1.54, 1.807) is 6.07 Å². The quantitative estimate of drug-likeness (QED) is 0.638. The van der Waals surface area contributed by atoms with E-state index in [9.17, 15) is 13.2 Å². The minimum atomic E-state index is -4.43. The van der Waals surface area contributed by atoms with Gasteiger partial charge in [0.05, 0.1) is 5.69 Å². The maximum Gasteiger partial charge on any atom is 0.409 e. The third-order valence-electron chi connectivity index (χ3n) is 1.41. The summed E-state index contributed by atoms with van der Waals surface area (Å²) in [5, 5.41) is 0. The summed E-state index contributed by atoms with van der Waals surface area (Å²) in [6.07, 6.45) is -4.43. The first kappa shape index (κ1) is 10.7. The fourth-order valence-electron chi connectivity index (χ4n) is 0.765. The number of rotatable bonds is 1. The Kier molecular flexibility index (Phi) is 3.12. The highest BCUT2D eigenvalue weighted by Gasteiger charge is 2.38. The van der Waals surface area contributed by atoms with E-state index in [0.29, 0.717) is 3.70 Å². The van der Waals surface area contributed by atoms with Crippen molar-refractivity contribution in [3.05, 3.63) is 27.6 Å². The molecule has 0 radical (unpaired) electrons. The Labute approximate surface area is 86.5 Å². The molecule has 13 heavy (non-hydrogen) atoms. The van der Waals surface area contributed by atoms with Crippen molar-refractivity contribution in [1.82, 2.24) is 4.98 Å². The van der Waals surface area contributed by atoms with Crippen molar-refractivity contribution >= 4 is 22.6 Å². The van der Waals surface area contributed by atoms with Crippen LogP contribution in [0.1, 0.15) is 11.7 Å². The number of nitrogens with zero attached hydrogens (tertiary/aromatic N) is 1. The molecule has 0 aliphatic rings. The first-order chi connectivity index (χ1) is 5.91. The number of hydrogen-bond donors (Lipinski definition) is 1. The molecular weight excluding hydrogens is 296 g/mol. The predicted octanol–water partition coefficient (Wildman–Crippen LogP) is 2.25. The molecule has 1 aromatic rings. The molecule has 0 aliphatic heterocycles. The maximum atomic E-state index is 12.1. The van der Waals surface area contributed by atoms with Gasteiger partial charge in [-0.3, -0.25) is 0 Å². The predicted molar refractivity (Wildman–Crippen MR) is 49.9 cm³/mol. The van der Waals surface area contributed by atoms with Crippen LogP contribution in [0.3, 0.4) is 0 Å². The average molecular weight is 302 g/mol. The Balaban J connectivity index is 2.96. The third-order valence-corrected chi connectivity index (χ3v) is 2.01. The van der Waals surface area contributed by atoms with Crippen LogP contribution in [0.5, 0.6) is 0 Å². The van der Waals surface area contributed by atoms with Gasteiger partial charge in [-0.25, -0.2) is 4.98 Å². The topological polar surface area (TPSA) is 38.9 Å². The first-order valence-corrected chi connectivity index (χ1v) is 4.44. The van der Waals surface area contributed by atoms with Gasteiger partial charge in [-0.15, -0.1) is 0 Å². The van der Waals surface area contributed by atoms with Crippen LogP contribution in [-0.2, 0) is 0 Å². The number of halogens is 4. The molecule has 0 fully saturated rings. The standard InChI is InChI=1S/C7H6F3IN2/c8-7(9,10)6(12)4-2-1-3-5(11)13-4/h1-3,6H,12H2. The molecule has 2 N–H and O–H groups in total. The molecule has 0 aliphatic carbocycles. The van der Waals surface area contributed by atoms with Crippen molar-refractivity contribution in [2.75, 3.05) is 0 Å². The highest BCUT2D eigenvalue weighted by atomic mass is 127. The second-order valence-corrected chi connectivity index (χ2v) is 3.51. The van der Waals surface area contributed by atoms with E-state index in [2.05, 4.69) is 4.98 Å². The van der Waals surface area contributed by atoms with Gasteiger partial charge in [0.1, 0.15) is 9.74 Å². The van der Waals surface area contributed by atoms with Crippen LogP contribution in [-0.4, -0.2) is 11.2 Å². The molecule has 1 unspecified atom stereocenters. The summed E-state index contributed by atoms with van der Waals surface area (Å²) >= 11 is 1.83. The Morgan fingerprint density at radius 2 is 2.00 bits per heavy atom. The Bertz CT molecular complexity index is 300. The lowest BCUT2D eigenvalue weighted by atomic mass is 10.2. The molecule has 6 heteroatoms. The molecule has 0 amide bonds. The van der Waals surface area contributed by atoms with E-state index in [1.165, 1.54) is 12.1 Å². The van der Waals surface area contributed by atoms with Gasteiger partial charge in [0.15, 0.2) is 0 Å². The van der Waals surface area contributed by atoms with E-state index in [1.807, 2.05) is 22.6 Å². The number of aromatic nitrogens is 1. The molecule has 0 aromatic carbocycles. The van der Waals surface area contributed by atoms with Gasteiger partial charge in [0, 0.05) is 0 Å². The molecule has 1 heterocycles. The van der Waals surface area contributed by atoms with Crippen molar-refractivity contribution in [3.63, 3.8) is 0 Å². The molecule has 1 rings (SSSR count). The average Bonchev–Trinajstić information content (AvgIpc) is 2.01. The van der Waals surface area contributed by atoms with Gasteiger partial charge in [-0.1, -0.05) is 6.07 Å². The van der Waals surface area contributed by atoms with Crippen LogP contribution in [0.15, 0.2) is 18.2 Å². The summed E-state index contributed by atoms with van der Waals surface area (Å²) in [4.78, 5) is 3.68. The minimum absolute atomic E-state index is 0.153. The smallest absolute Gasteiger partial charge is 0.315 e. The fourth-order valence-corrected chi connectivity index (χ4v) is 1.25.